The van der Waals surface area contributed by atoms with Gasteiger partial charge < -0.3 is 19.5 Å². The molecule has 0 unspecified atom stereocenters. The fourth-order valence-corrected chi connectivity index (χ4v) is 8.65. The number of nitrogens with one attached hydrogen (secondary N) is 1. The lowest BCUT2D eigenvalue weighted by molar-refractivity contribution is -0.124. The quantitative estimate of drug-likeness (QED) is 0.252. The van der Waals surface area contributed by atoms with Crippen LogP contribution in [0.3, 0.4) is 0 Å². The van der Waals surface area contributed by atoms with Gasteiger partial charge in [-0.3, -0.25) is 14.4 Å². The van der Waals surface area contributed by atoms with Crippen molar-refractivity contribution < 1.29 is 23.8 Å². The van der Waals surface area contributed by atoms with Crippen LogP contribution < -0.4 is 15.0 Å². The zero-order valence-corrected chi connectivity index (χ0v) is 30.4. The van der Waals surface area contributed by atoms with Crippen LogP contribution in [0.25, 0.3) is 11.1 Å². The van der Waals surface area contributed by atoms with Gasteiger partial charge >= 0.3 is 6.09 Å². The smallest absolute Gasteiger partial charge is 0.407 e. The van der Waals surface area contributed by atoms with Crippen molar-refractivity contribution in [2.24, 2.45) is 11.3 Å². The number of fused-ring (bicyclic) bond motifs is 3. The Balaban J connectivity index is 1.10. The molecule has 5 aliphatic rings. The minimum Gasteiger partial charge on any atom is -0.496 e. The third kappa shape index (κ3) is 7.00. The van der Waals surface area contributed by atoms with Crippen molar-refractivity contribution in [3.63, 3.8) is 0 Å². The van der Waals surface area contributed by atoms with Crippen molar-refractivity contribution in [3.05, 3.63) is 60.0 Å². The Morgan fingerprint density at radius 3 is 2.32 bits per heavy atom. The summed E-state index contributed by atoms with van der Waals surface area (Å²) < 4.78 is 18.4. The number of carbonyl (C=O) groups is 2. The highest BCUT2D eigenvalue weighted by Gasteiger charge is 2.51. The Labute approximate surface area is 296 Å². The largest absolute Gasteiger partial charge is 0.496 e. The van der Waals surface area contributed by atoms with Crippen LogP contribution in [0.5, 0.6) is 5.75 Å². The lowest BCUT2D eigenvalue weighted by Gasteiger charge is -2.55. The van der Waals surface area contributed by atoms with E-state index in [0.717, 1.165) is 55.4 Å². The first-order chi connectivity index (χ1) is 24.0. The van der Waals surface area contributed by atoms with Crippen LogP contribution in [0, 0.1) is 18.3 Å². The number of hydrogen-bond acceptors (Lipinski definition) is 7. The summed E-state index contributed by atoms with van der Waals surface area (Å²) in [5.41, 5.74) is 4.73. The highest BCUT2D eigenvalue weighted by Crippen LogP contribution is 2.58. The summed E-state index contributed by atoms with van der Waals surface area (Å²) in [6.45, 7) is 10.3. The number of aryl methyl sites for hydroxylation is 1. The molecule has 1 aliphatic heterocycles. The van der Waals surface area contributed by atoms with E-state index in [0.29, 0.717) is 51.3 Å². The molecule has 0 radical (unpaired) electrons. The summed E-state index contributed by atoms with van der Waals surface area (Å²) in [5.74, 6) is 1.64. The van der Waals surface area contributed by atoms with Gasteiger partial charge in [0, 0.05) is 30.4 Å². The lowest BCUT2D eigenvalue weighted by Crippen LogP contribution is -2.52. The van der Waals surface area contributed by atoms with E-state index in [4.69, 9.17) is 19.2 Å². The minimum absolute atomic E-state index is 0.0319. The number of nitrogens with zero attached hydrogens (tertiary/aromatic N) is 4. The van der Waals surface area contributed by atoms with Crippen molar-refractivity contribution in [1.82, 2.24) is 20.1 Å². The fraction of sp³-hybridized carbons (Fsp3) is 0.600. The molecule has 3 heterocycles. The van der Waals surface area contributed by atoms with E-state index < -0.39 is 0 Å². The fourth-order valence-electron chi connectivity index (χ4n) is 8.65. The van der Waals surface area contributed by atoms with E-state index in [1.807, 2.05) is 28.0 Å². The molecule has 2 bridgehead atoms. The Kier molecular flexibility index (Phi) is 9.43. The van der Waals surface area contributed by atoms with Crippen LogP contribution in [0.15, 0.2) is 48.9 Å². The predicted octanol–water partition coefficient (Wildman–Crippen LogP) is 7.33. The second kappa shape index (κ2) is 13.7. The van der Waals surface area contributed by atoms with E-state index in [9.17, 15) is 9.59 Å². The molecule has 10 heteroatoms. The van der Waals surface area contributed by atoms with Gasteiger partial charge in [0.05, 0.1) is 38.1 Å². The first-order valence-corrected chi connectivity index (χ1v) is 18.5. The summed E-state index contributed by atoms with van der Waals surface area (Å²) in [6, 6.07) is 10.8. The van der Waals surface area contributed by atoms with Gasteiger partial charge in [0.1, 0.15) is 17.7 Å². The third-order valence-corrected chi connectivity index (χ3v) is 12.1. The average molecular weight is 684 g/mol. The topological polar surface area (TPSA) is 108 Å². The molecule has 4 saturated carbocycles. The van der Waals surface area contributed by atoms with Crippen LogP contribution in [-0.2, 0) is 25.2 Å². The second-order valence-electron chi connectivity index (χ2n) is 16.4. The molecule has 0 spiro atoms. The zero-order chi connectivity index (χ0) is 35.1. The zero-order valence-electron chi connectivity index (χ0n) is 30.4. The number of alkyl carbamates (subject to hydrolysis) is 1. The summed E-state index contributed by atoms with van der Waals surface area (Å²) in [7, 11) is 1.73. The second-order valence-corrected chi connectivity index (χ2v) is 16.4. The van der Waals surface area contributed by atoms with E-state index in [-0.39, 0.29) is 46.4 Å². The summed E-state index contributed by atoms with van der Waals surface area (Å²) in [6.07, 6.45) is 14.6. The maximum absolute atomic E-state index is 14.7. The van der Waals surface area contributed by atoms with Crippen molar-refractivity contribution >= 4 is 17.8 Å². The Morgan fingerprint density at radius 1 is 1.00 bits per heavy atom. The summed E-state index contributed by atoms with van der Waals surface area (Å²) >= 11 is 0. The normalized spacial score (nSPS) is 26.6. The van der Waals surface area contributed by atoms with E-state index in [1.54, 1.807) is 7.11 Å². The van der Waals surface area contributed by atoms with E-state index >= 15 is 0 Å². The third-order valence-electron chi connectivity index (χ3n) is 12.1. The first-order valence-electron chi connectivity index (χ1n) is 18.5. The molecule has 1 N–H and O–H groups in total. The molecular formula is C40H53N5O5. The molecule has 5 fully saturated rings. The molecule has 50 heavy (non-hydrogen) atoms. The van der Waals surface area contributed by atoms with Gasteiger partial charge in [-0.2, -0.15) is 5.10 Å². The van der Waals surface area contributed by atoms with Crippen LogP contribution in [0.4, 0.5) is 10.6 Å². The molecule has 8 rings (SSSR count). The maximum atomic E-state index is 14.7. The van der Waals surface area contributed by atoms with Crippen LogP contribution in [0.1, 0.15) is 96.1 Å². The molecule has 3 aromatic rings. The van der Waals surface area contributed by atoms with Gasteiger partial charge in [0.25, 0.3) is 0 Å². The number of ether oxygens (including phenoxy) is 3. The number of rotatable bonds is 9. The predicted molar refractivity (Wildman–Crippen MR) is 192 cm³/mol. The summed E-state index contributed by atoms with van der Waals surface area (Å²) in [5, 5.41) is 7.50. The molecule has 268 valence electrons. The number of hydrogen-bond donors (Lipinski definition) is 1. The molecule has 0 atom stereocenters. The van der Waals surface area contributed by atoms with Gasteiger partial charge in [-0.1, -0.05) is 12.1 Å². The van der Waals surface area contributed by atoms with E-state index in [1.165, 1.54) is 11.1 Å². The SMILES string of the molecule is COc1ccc(C23CCC(CN(C(=O)C4CCC(OC(=O)NC5COC5)CC4)c4cc(-c5cnn(C(C)(C)C)c5)ccn4)(CC2)CC3)cc1C. The monoisotopic (exact) mass is 683 g/mol. The van der Waals surface area contributed by atoms with Crippen LogP contribution in [0.2, 0.25) is 0 Å². The Bertz CT molecular complexity index is 1680. The Hall–Kier alpha value is -3.92. The maximum Gasteiger partial charge on any atom is 0.407 e. The number of amides is 2. The number of anilines is 1. The van der Waals surface area contributed by atoms with Gasteiger partial charge in [0.15, 0.2) is 0 Å². The van der Waals surface area contributed by atoms with Gasteiger partial charge in [-0.15, -0.1) is 0 Å². The first kappa shape index (κ1) is 34.5. The van der Waals surface area contributed by atoms with Gasteiger partial charge in [0.2, 0.25) is 5.91 Å². The highest BCUT2D eigenvalue weighted by atomic mass is 16.6. The number of carbonyl (C=O) groups excluding carboxylic acids is 2. The number of methoxy groups -OCH3 is 1. The molecule has 4 aliphatic carbocycles. The van der Waals surface area contributed by atoms with Crippen molar-refractivity contribution in [3.8, 4) is 16.9 Å². The lowest BCUT2D eigenvalue weighted by atomic mass is 9.51. The molecule has 2 amide bonds. The molecule has 1 saturated heterocycles. The molecule has 2 aromatic heterocycles. The highest BCUT2D eigenvalue weighted by molar-refractivity contribution is 5.95. The van der Waals surface area contributed by atoms with Crippen molar-refractivity contribution in [1.29, 1.82) is 0 Å². The number of pyridine rings is 1. The standard InChI is InChI=1S/C40H53N5O5/c1-27-20-31(8-11-34(27)48-5)40-16-13-39(14-17-40,15-18-40)26-44(35-21-29(12-19-41-35)30-22-42-45(23-30)38(2,3)4)36(46)28-6-9-33(10-7-28)50-37(47)43-32-24-49-25-32/h8,11-12,19-23,28,32-33H,6-7,9-10,13-18,24-26H2,1-5H3,(H,43,47). The van der Waals surface area contributed by atoms with Gasteiger partial charge in [-0.05, 0) is 138 Å². The number of aromatic nitrogens is 3. The van der Waals surface area contributed by atoms with Gasteiger partial charge in [-0.25, -0.2) is 9.78 Å². The molecule has 10 nitrogen and oxygen atoms in total. The Morgan fingerprint density at radius 2 is 1.72 bits per heavy atom. The summed E-state index contributed by atoms with van der Waals surface area (Å²) in [4.78, 5) is 33.9. The number of benzene rings is 1. The van der Waals surface area contributed by atoms with Crippen molar-refractivity contribution in [2.45, 2.75) is 115 Å². The van der Waals surface area contributed by atoms with Crippen LogP contribution in [-0.4, -0.2) is 65.8 Å². The van der Waals surface area contributed by atoms with Crippen LogP contribution >= 0.6 is 0 Å². The molecular weight excluding hydrogens is 630 g/mol. The van der Waals surface area contributed by atoms with Crippen molar-refractivity contribution in [2.75, 3.05) is 31.8 Å². The van der Waals surface area contributed by atoms with E-state index in [2.05, 4.69) is 68.6 Å². The molecule has 1 aromatic carbocycles. The minimum atomic E-state index is -0.389. The average Bonchev–Trinajstić information content (AvgIpc) is 3.62.